The summed E-state index contributed by atoms with van der Waals surface area (Å²) in [5.41, 5.74) is 0. The van der Waals surface area contributed by atoms with Gasteiger partial charge in [-0.15, -0.1) is 10.2 Å². The molecule has 1 heterocycles. The van der Waals surface area contributed by atoms with Gasteiger partial charge in [-0.25, -0.2) is 0 Å². The summed E-state index contributed by atoms with van der Waals surface area (Å²) in [6, 6.07) is 4.67. The SMILES string of the molecule is CC(C)N(CCNc1ccc(Cl)nn1)C(C)C. The van der Waals surface area contributed by atoms with E-state index in [0.29, 0.717) is 17.2 Å². The fraction of sp³-hybridized carbons (Fsp3) is 0.667. The van der Waals surface area contributed by atoms with Crippen LogP contribution in [0.4, 0.5) is 5.82 Å². The number of halogens is 1. The van der Waals surface area contributed by atoms with Crippen molar-refractivity contribution in [2.45, 2.75) is 39.8 Å². The van der Waals surface area contributed by atoms with Crippen LogP contribution in [-0.2, 0) is 0 Å². The molecule has 0 spiro atoms. The van der Waals surface area contributed by atoms with Crippen molar-refractivity contribution in [1.29, 1.82) is 0 Å². The first kappa shape index (κ1) is 14.2. The lowest BCUT2D eigenvalue weighted by atomic mass is 10.2. The van der Waals surface area contributed by atoms with Crippen LogP contribution in [0.1, 0.15) is 27.7 Å². The lowest BCUT2D eigenvalue weighted by Crippen LogP contribution is -2.40. The Morgan fingerprint density at radius 3 is 2.29 bits per heavy atom. The molecule has 0 aliphatic rings. The highest BCUT2D eigenvalue weighted by Gasteiger charge is 2.12. The van der Waals surface area contributed by atoms with Gasteiger partial charge in [-0.05, 0) is 39.8 Å². The first-order valence-electron chi connectivity index (χ1n) is 5.99. The van der Waals surface area contributed by atoms with Crippen LogP contribution in [0.2, 0.25) is 5.15 Å². The second-order valence-corrected chi connectivity index (χ2v) is 4.98. The van der Waals surface area contributed by atoms with Gasteiger partial charge in [0.25, 0.3) is 0 Å². The summed E-state index contributed by atoms with van der Waals surface area (Å²) in [6.45, 7) is 10.7. The molecule has 96 valence electrons. The van der Waals surface area contributed by atoms with Crippen molar-refractivity contribution in [3.8, 4) is 0 Å². The Balaban J connectivity index is 2.38. The molecule has 1 aromatic heterocycles. The van der Waals surface area contributed by atoms with Crippen LogP contribution in [0, 0.1) is 0 Å². The van der Waals surface area contributed by atoms with E-state index in [9.17, 15) is 0 Å². The number of anilines is 1. The van der Waals surface area contributed by atoms with Gasteiger partial charge in [-0.3, -0.25) is 4.90 Å². The smallest absolute Gasteiger partial charge is 0.151 e. The van der Waals surface area contributed by atoms with Gasteiger partial charge in [0.2, 0.25) is 0 Å². The maximum Gasteiger partial charge on any atom is 0.151 e. The second kappa shape index (κ2) is 6.77. The van der Waals surface area contributed by atoms with Crippen LogP contribution in [-0.4, -0.2) is 40.3 Å². The van der Waals surface area contributed by atoms with E-state index in [1.807, 2.05) is 6.07 Å². The summed E-state index contributed by atoms with van der Waals surface area (Å²) in [5.74, 6) is 0.766. The van der Waals surface area contributed by atoms with E-state index in [1.54, 1.807) is 6.07 Å². The van der Waals surface area contributed by atoms with Crippen LogP contribution >= 0.6 is 11.6 Å². The molecule has 0 saturated heterocycles. The van der Waals surface area contributed by atoms with Gasteiger partial charge in [-0.1, -0.05) is 11.6 Å². The fourth-order valence-corrected chi connectivity index (χ4v) is 1.94. The Bertz CT molecular complexity index is 316. The molecule has 0 aliphatic carbocycles. The summed E-state index contributed by atoms with van der Waals surface area (Å²) in [6.07, 6.45) is 0. The third-order valence-electron chi connectivity index (χ3n) is 2.63. The molecular weight excluding hydrogens is 236 g/mol. The van der Waals surface area contributed by atoms with Crippen molar-refractivity contribution in [2.75, 3.05) is 18.4 Å². The lowest BCUT2D eigenvalue weighted by Gasteiger charge is -2.30. The molecule has 5 heteroatoms. The third-order valence-corrected chi connectivity index (χ3v) is 2.84. The highest BCUT2D eigenvalue weighted by Crippen LogP contribution is 2.07. The van der Waals surface area contributed by atoms with E-state index in [-0.39, 0.29) is 0 Å². The highest BCUT2D eigenvalue weighted by molar-refractivity contribution is 6.29. The van der Waals surface area contributed by atoms with E-state index in [4.69, 9.17) is 11.6 Å². The van der Waals surface area contributed by atoms with Gasteiger partial charge in [0, 0.05) is 25.2 Å². The lowest BCUT2D eigenvalue weighted by molar-refractivity contribution is 0.182. The Morgan fingerprint density at radius 1 is 1.18 bits per heavy atom. The third kappa shape index (κ3) is 4.88. The zero-order valence-corrected chi connectivity index (χ0v) is 11.7. The minimum atomic E-state index is 0.418. The first-order chi connectivity index (χ1) is 8.00. The molecule has 1 N–H and O–H groups in total. The zero-order valence-electron chi connectivity index (χ0n) is 10.9. The zero-order chi connectivity index (χ0) is 12.8. The predicted octanol–water partition coefficient (Wildman–Crippen LogP) is 2.66. The number of aromatic nitrogens is 2. The number of rotatable bonds is 6. The number of nitrogens with one attached hydrogen (secondary N) is 1. The Labute approximate surface area is 108 Å². The molecule has 1 aromatic rings. The van der Waals surface area contributed by atoms with Crippen molar-refractivity contribution in [3.05, 3.63) is 17.3 Å². The number of hydrogen-bond acceptors (Lipinski definition) is 4. The molecule has 17 heavy (non-hydrogen) atoms. The van der Waals surface area contributed by atoms with Crippen molar-refractivity contribution in [1.82, 2.24) is 15.1 Å². The van der Waals surface area contributed by atoms with Crippen molar-refractivity contribution >= 4 is 17.4 Å². The molecule has 0 bridgehead atoms. The summed E-state index contributed by atoms with van der Waals surface area (Å²) >= 11 is 5.67. The van der Waals surface area contributed by atoms with Crippen molar-refractivity contribution in [3.63, 3.8) is 0 Å². The summed E-state index contributed by atoms with van der Waals surface area (Å²) in [7, 11) is 0. The molecule has 0 radical (unpaired) electrons. The van der Waals surface area contributed by atoms with Crippen molar-refractivity contribution < 1.29 is 0 Å². The average molecular weight is 257 g/mol. The van der Waals surface area contributed by atoms with E-state index in [1.165, 1.54) is 0 Å². The Morgan fingerprint density at radius 2 is 1.82 bits per heavy atom. The van der Waals surface area contributed by atoms with Crippen LogP contribution < -0.4 is 5.32 Å². The summed E-state index contributed by atoms with van der Waals surface area (Å²) < 4.78 is 0. The highest BCUT2D eigenvalue weighted by atomic mass is 35.5. The molecular formula is C12H21ClN4. The van der Waals surface area contributed by atoms with E-state index in [2.05, 4.69) is 48.1 Å². The van der Waals surface area contributed by atoms with Gasteiger partial charge in [-0.2, -0.15) is 0 Å². The van der Waals surface area contributed by atoms with E-state index >= 15 is 0 Å². The quantitative estimate of drug-likeness (QED) is 0.850. The normalized spacial score (nSPS) is 11.5. The van der Waals surface area contributed by atoms with Gasteiger partial charge < -0.3 is 5.32 Å². The molecule has 0 atom stereocenters. The maximum absolute atomic E-state index is 5.67. The Kier molecular flexibility index (Phi) is 5.65. The molecule has 0 amide bonds. The monoisotopic (exact) mass is 256 g/mol. The summed E-state index contributed by atoms with van der Waals surface area (Å²) in [5, 5.41) is 11.4. The minimum Gasteiger partial charge on any atom is -0.367 e. The Hall–Kier alpha value is -0.870. The minimum absolute atomic E-state index is 0.418. The molecule has 1 rings (SSSR count). The molecule has 4 nitrogen and oxygen atoms in total. The molecule has 0 saturated carbocycles. The first-order valence-corrected chi connectivity index (χ1v) is 6.37. The van der Waals surface area contributed by atoms with Gasteiger partial charge in [0.1, 0.15) is 5.82 Å². The summed E-state index contributed by atoms with van der Waals surface area (Å²) in [4.78, 5) is 2.43. The molecule has 0 aromatic carbocycles. The topological polar surface area (TPSA) is 41.0 Å². The number of nitrogens with zero attached hydrogens (tertiary/aromatic N) is 3. The number of hydrogen-bond donors (Lipinski definition) is 1. The molecule has 0 fully saturated rings. The average Bonchev–Trinajstić information content (AvgIpc) is 2.25. The molecule has 0 unspecified atom stereocenters. The van der Waals surface area contributed by atoms with Crippen LogP contribution in [0.25, 0.3) is 0 Å². The van der Waals surface area contributed by atoms with Crippen LogP contribution in [0.15, 0.2) is 12.1 Å². The van der Waals surface area contributed by atoms with E-state index in [0.717, 1.165) is 18.9 Å². The maximum atomic E-state index is 5.67. The van der Waals surface area contributed by atoms with Gasteiger partial charge in [0.15, 0.2) is 5.15 Å². The van der Waals surface area contributed by atoms with Gasteiger partial charge >= 0.3 is 0 Å². The van der Waals surface area contributed by atoms with Crippen molar-refractivity contribution in [2.24, 2.45) is 0 Å². The predicted molar refractivity (Wildman–Crippen MR) is 72.5 cm³/mol. The largest absolute Gasteiger partial charge is 0.367 e. The fourth-order valence-electron chi connectivity index (χ4n) is 1.84. The van der Waals surface area contributed by atoms with E-state index < -0.39 is 0 Å². The second-order valence-electron chi connectivity index (χ2n) is 4.59. The van der Waals surface area contributed by atoms with Crippen LogP contribution in [0.5, 0.6) is 0 Å². The van der Waals surface area contributed by atoms with Gasteiger partial charge in [0.05, 0.1) is 0 Å². The standard InChI is InChI=1S/C12H21ClN4/c1-9(2)17(10(3)4)8-7-14-12-6-5-11(13)15-16-12/h5-6,9-10H,7-8H2,1-4H3,(H,14,16). The van der Waals surface area contributed by atoms with Crippen LogP contribution in [0.3, 0.4) is 0 Å². The molecule has 0 aliphatic heterocycles.